The third-order valence-electron chi connectivity index (χ3n) is 6.76. The molecule has 3 rings (SSSR count). The monoisotopic (exact) mass is 371 g/mol. The molecule has 0 heterocycles. The summed E-state index contributed by atoms with van der Waals surface area (Å²) in [5, 5.41) is 4.38. The number of esters is 1. The van der Waals surface area contributed by atoms with Gasteiger partial charge in [-0.1, -0.05) is 26.8 Å². The van der Waals surface area contributed by atoms with Crippen molar-refractivity contribution in [1.82, 2.24) is 5.43 Å². The number of hydrogen-bond acceptors (Lipinski definition) is 5. The molecule has 0 aromatic heterocycles. The highest BCUT2D eigenvalue weighted by atomic mass is 16.5. The van der Waals surface area contributed by atoms with Crippen LogP contribution in [0.5, 0.6) is 0 Å². The zero-order valence-electron chi connectivity index (χ0n) is 16.8. The molecule has 27 heavy (non-hydrogen) atoms. The largest absolute Gasteiger partial charge is 0.452 e. The molecule has 0 spiro atoms. The maximum atomic E-state index is 12.2. The Morgan fingerprint density at radius 3 is 2.63 bits per heavy atom. The van der Waals surface area contributed by atoms with E-state index in [4.69, 9.17) is 4.74 Å². The molecule has 0 radical (unpaired) electrons. The lowest BCUT2D eigenvalue weighted by molar-refractivity contribution is -0.124. The number of fused-ring (bicyclic) bond motifs is 2. The van der Waals surface area contributed by atoms with E-state index in [0.717, 1.165) is 24.2 Å². The maximum absolute atomic E-state index is 12.2. The van der Waals surface area contributed by atoms with Gasteiger partial charge in [-0.2, -0.15) is 5.10 Å². The summed E-state index contributed by atoms with van der Waals surface area (Å²) < 4.78 is 5.13. The Morgan fingerprint density at radius 2 is 2.04 bits per heavy atom. The quantitative estimate of drug-likeness (QED) is 0.637. The molecule has 2 aliphatic rings. The van der Waals surface area contributed by atoms with Crippen LogP contribution in [0.1, 0.15) is 50.4 Å². The summed E-state index contributed by atoms with van der Waals surface area (Å²) in [6, 6.07) is 7.09. The van der Waals surface area contributed by atoms with Crippen LogP contribution in [-0.4, -0.2) is 38.3 Å². The third kappa shape index (κ3) is 3.45. The van der Waals surface area contributed by atoms with E-state index >= 15 is 0 Å². The van der Waals surface area contributed by atoms with Crippen molar-refractivity contribution in [2.24, 2.45) is 21.8 Å². The minimum Gasteiger partial charge on any atom is -0.452 e. The van der Waals surface area contributed by atoms with Crippen LogP contribution in [0.3, 0.4) is 0 Å². The third-order valence-corrected chi connectivity index (χ3v) is 6.76. The van der Waals surface area contributed by atoms with E-state index in [0.29, 0.717) is 11.5 Å². The standard InChI is InChI=1S/C21H29N3O3/c1-20(2)15-9-10-21(20,3)17(12-15)22-23-18(25)13-27-19(26)14-7-6-8-16(11-14)24(4)5/h6-8,11,15H,9-10,12-13H2,1-5H3,(H,23,25)/b22-17+. The van der Waals surface area contributed by atoms with Crippen molar-refractivity contribution >= 4 is 23.3 Å². The second-order valence-corrected chi connectivity index (χ2v) is 8.61. The summed E-state index contributed by atoms with van der Waals surface area (Å²) in [4.78, 5) is 26.1. The normalized spacial score (nSPS) is 26.9. The number of amides is 1. The van der Waals surface area contributed by atoms with Crippen LogP contribution in [0.25, 0.3) is 0 Å². The van der Waals surface area contributed by atoms with E-state index in [1.165, 1.54) is 6.42 Å². The van der Waals surface area contributed by atoms with Crippen LogP contribution in [0, 0.1) is 16.7 Å². The smallest absolute Gasteiger partial charge is 0.338 e. The van der Waals surface area contributed by atoms with Crippen LogP contribution in [0.2, 0.25) is 0 Å². The molecule has 2 unspecified atom stereocenters. The van der Waals surface area contributed by atoms with E-state index in [9.17, 15) is 9.59 Å². The lowest BCUT2D eigenvalue weighted by atomic mass is 9.70. The first-order valence-electron chi connectivity index (χ1n) is 9.45. The SMILES string of the molecule is CN(C)c1cccc(C(=O)OCC(=O)N/N=C2\CC3CCC2(C)C3(C)C)c1. The molecule has 0 aliphatic heterocycles. The number of rotatable bonds is 5. The van der Waals surface area contributed by atoms with Crippen molar-refractivity contribution in [2.75, 3.05) is 25.6 Å². The van der Waals surface area contributed by atoms with Gasteiger partial charge in [0.05, 0.1) is 5.56 Å². The summed E-state index contributed by atoms with van der Waals surface area (Å²) in [5.74, 6) is -0.307. The van der Waals surface area contributed by atoms with E-state index in [2.05, 4.69) is 31.3 Å². The number of benzene rings is 1. The van der Waals surface area contributed by atoms with Gasteiger partial charge in [0.15, 0.2) is 6.61 Å². The van der Waals surface area contributed by atoms with Crippen molar-refractivity contribution in [2.45, 2.75) is 40.0 Å². The number of nitrogens with zero attached hydrogens (tertiary/aromatic N) is 2. The molecular formula is C21H29N3O3. The molecule has 2 aliphatic carbocycles. The molecule has 2 saturated carbocycles. The highest BCUT2D eigenvalue weighted by Gasteiger charge is 2.60. The van der Waals surface area contributed by atoms with Crippen molar-refractivity contribution in [1.29, 1.82) is 0 Å². The van der Waals surface area contributed by atoms with Crippen molar-refractivity contribution in [3.63, 3.8) is 0 Å². The molecule has 2 atom stereocenters. The Labute approximate surface area is 161 Å². The molecule has 0 saturated heterocycles. The Balaban J connectivity index is 1.55. The lowest BCUT2D eigenvalue weighted by Crippen LogP contribution is -2.34. The van der Waals surface area contributed by atoms with Crippen molar-refractivity contribution < 1.29 is 14.3 Å². The average molecular weight is 371 g/mol. The fraction of sp³-hybridized carbons (Fsp3) is 0.571. The van der Waals surface area contributed by atoms with Gasteiger partial charge in [-0.15, -0.1) is 0 Å². The maximum Gasteiger partial charge on any atom is 0.338 e. The highest BCUT2D eigenvalue weighted by molar-refractivity contribution is 5.95. The van der Waals surface area contributed by atoms with Crippen LogP contribution in [0.4, 0.5) is 5.69 Å². The number of anilines is 1. The van der Waals surface area contributed by atoms with E-state index in [1.54, 1.807) is 18.2 Å². The van der Waals surface area contributed by atoms with Gasteiger partial charge in [0.2, 0.25) is 0 Å². The van der Waals surface area contributed by atoms with Gasteiger partial charge in [0.25, 0.3) is 5.91 Å². The average Bonchev–Trinajstić information content (AvgIpc) is 2.97. The lowest BCUT2D eigenvalue weighted by Gasteiger charge is -2.34. The summed E-state index contributed by atoms with van der Waals surface area (Å²) in [7, 11) is 3.79. The zero-order valence-corrected chi connectivity index (χ0v) is 16.8. The number of hydrogen-bond donors (Lipinski definition) is 1. The Morgan fingerprint density at radius 1 is 1.30 bits per heavy atom. The van der Waals surface area contributed by atoms with Crippen molar-refractivity contribution in [3.8, 4) is 0 Å². The van der Waals surface area contributed by atoms with Crippen LogP contribution >= 0.6 is 0 Å². The Kier molecular flexibility index (Phi) is 5.02. The van der Waals surface area contributed by atoms with E-state index in [1.807, 2.05) is 25.1 Å². The summed E-state index contributed by atoms with van der Waals surface area (Å²) in [6.07, 6.45) is 3.26. The first-order chi connectivity index (χ1) is 12.6. The predicted octanol–water partition coefficient (Wildman–Crippen LogP) is 3.23. The number of ether oxygens (including phenoxy) is 1. The topological polar surface area (TPSA) is 71.0 Å². The fourth-order valence-corrected chi connectivity index (χ4v) is 4.39. The second-order valence-electron chi connectivity index (χ2n) is 8.61. The molecule has 1 amide bonds. The number of carbonyl (C=O) groups excluding carboxylic acids is 2. The van der Waals surface area contributed by atoms with Gasteiger partial charge in [0, 0.05) is 30.9 Å². The number of carbonyl (C=O) groups is 2. The second kappa shape index (κ2) is 6.98. The molecule has 1 aromatic carbocycles. The molecule has 1 N–H and O–H groups in total. The molecular weight excluding hydrogens is 342 g/mol. The van der Waals surface area contributed by atoms with Gasteiger partial charge >= 0.3 is 5.97 Å². The van der Waals surface area contributed by atoms with Crippen molar-refractivity contribution in [3.05, 3.63) is 29.8 Å². The molecule has 6 nitrogen and oxygen atoms in total. The molecule has 1 aromatic rings. The first-order valence-corrected chi connectivity index (χ1v) is 9.45. The highest BCUT2D eigenvalue weighted by Crippen LogP contribution is 2.63. The Hall–Kier alpha value is -2.37. The Bertz CT molecular complexity index is 785. The molecule has 2 bridgehead atoms. The predicted molar refractivity (Wildman–Crippen MR) is 106 cm³/mol. The fourth-order valence-electron chi connectivity index (χ4n) is 4.39. The molecule has 146 valence electrons. The van der Waals surface area contributed by atoms with E-state index < -0.39 is 11.9 Å². The zero-order chi connectivity index (χ0) is 19.8. The number of hydrazone groups is 1. The minimum absolute atomic E-state index is 0.0360. The minimum atomic E-state index is -0.519. The molecule has 2 fully saturated rings. The summed E-state index contributed by atoms with van der Waals surface area (Å²) in [5.41, 5.74) is 5.19. The van der Waals surface area contributed by atoms with Gasteiger partial charge in [-0.3, -0.25) is 4.79 Å². The van der Waals surface area contributed by atoms with E-state index in [-0.39, 0.29) is 17.4 Å². The first kappa shape index (κ1) is 19.4. The number of nitrogens with one attached hydrogen (secondary N) is 1. The van der Waals surface area contributed by atoms with Crippen LogP contribution in [0.15, 0.2) is 29.4 Å². The van der Waals surface area contributed by atoms with Crippen LogP contribution < -0.4 is 10.3 Å². The van der Waals surface area contributed by atoms with Gasteiger partial charge in [0.1, 0.15) is 0 Å². The molecule has 6 heteroatoms. The summed E-state index contributed by atoms with van der Waals surface area (Å²) >= 11 is 0. The summed E-state index contributed by atoms with van der Waals surface area (Å²) in [6.45, 7) is 6.48. The van der Waals surface area contributed by atoms with Gasteiger partial charge in [-0.05, 0) is 48.8 Å². The van der Waals surface area contributed by atoms with Gasteiger partial charge < -0.3 is 9.64 Å². The van der Waals surface area contributed by atoms with Crippen LogP contribution in [-0.2, 0) is 9.53 Å². The van der Waals surface area contributed by atoms with Gasteiger partial charge in [-0.25, -0.2) is 10.2 Å².